The van der Waals surface area contributed by atoms with E-state index < -0.39 is 0 Å². The van der Waals surface area contributed by atoms with Crippen molar-refractivity contribution in [3.63, 3.8) is 0 Å². The van der Waals surface area contributed by atoms with Gasteiger partial charge in [-0.05, 0) is 36.6 Å². The van der Waals surface area contributed by atoms with Gasteiger partial charge in [0, 0.05) is 14.1 Å². The van der Waals surface area contributed by atoms with E-state index in [1.807, 2.05) is 0 Å². The smallest absolute Gasteiger partial charge is 0.186 e. The maximum Gasteiger partial charge on any atom is 0.186 e. The SMILES string of the molecule is CNC(=S)N/N=C(/C=N/NC(=S)NC)c1ccco1. The Hall–Kier alpha value is -2.00. The van der Waals surface area contributed by atoms with Gasteiger partial charge >= 0.3 is 0 Å². The van der Waals surface area contributed by atoms with Crippen molar-refractivity contribution in [3.8, 4) is 0 Å². The molecule has 7 nitrogen and oxygen atoms in total. The predicted octanol–water partition coefficient (Wildman–Crippen LogP) is 0.157. The van der Waals surface area contributed by atoms with E-state index in [-0.39, 0.29) is 0 Å². The second-order valence-corrected chi connectivity index (χ2v) is 3.93. The van der Waals surface area contributed by atoms with Gasteiger partial charge in [0.25, 0.3) is 0 Å². The monoisotopic (exact) mass is 298 g/mol. The lowest BCUT2D eigenvalue weighted by atomic mass is 10.3. The first-order valence-electron chi connectivity index (χ1n) is 5.27. The maximum absolute atomic E-state index is 5.24. The summed E-state index contributed by atoms with van der Waals surface area (Å²) in [5.41, 5.74) is 5.74. The molecule has 0 aromatic carbocycles. The van der Waals surface area contributed by atoms with Gasteiger partial charge in [0.1, 0.15) is 5.71 Å². The number of thiocarbonyl (C=S) groups is 2. The summed E-state index contributed by atoms with van der Waals surface area (Å²) in [4.78, 5) is 0. The number of rotatable bonds is 4. The Bertz CT molecular complexity index is 482. The highest BCUT2D eigenvalue weighted by Crippen LogP contribution is 2.00. The van der Waals surface area contributed by atoms with Crippen LogP contribution in [0, 0.1) is 0 Å². The number of nitrogens with zero attached hydrogens (tertiary/aromatic N) is 2. The van der Waals surface area contributed by atoms with Gasteiger partial charge in [-0.25, -0.2) is 0 Å². The second-order valence-electron chi connectivity index (χ2n) is 3.11. The average Bonchev–Trinajstić information content (AvgIpc) is 2.95. The van der Waals surface area contributed by atoms with Crippen molar-refractivity contribution in [1.29, 1.82) is 0 Å². The zero-order valence-electron chi connectivity index (χ0n) is 10.4. The molecule has 0 spiro atoms. The molecule has 0 saturated carbocycles. The van der Waals surface area contributed by atoms with E-state index in [0.29, 0.717) is 21.7 Å². The molecular formula is C10H14N6OS2. The molecule has 0 bridgehead atoms. The minimum atomic E-state index is 0.385. The summed E-state index contributed by atoms with van der Waals surface area (Å²) >= 11 is 9.81. The molecule has 0 aliphatic heterocycles. The van der Waals surface area contributed by atoms with Gasteiger partial charge < -0.3 is 15.1 Å². The molecule has 0 aliphatic rings. The molecule has 0 saturated heterocycles. The summed E-state index contributed by atoms with van der Waals surface area (Å²) in [6.45, 7) is 0. The molecular weight excluding hydrogens is 284 g/mol. The van der Waals surface area contributed by atoms with E-state index >= 15 is 0 Å². The maximum atomic E-state index is 5.24. The average molecular weight is 298 g/mol. The van der Waals surface area contributed by atoms with Crippen molar-refractivity contribution in [3.05, 3.63) is 24.2 Å². The Morgan fingerprint density at radius 2 is 1.89 bits per heavy atom. The van der Waals surface area contributed by atoms with Gasteiger partial charge in [-0.15, -0.1) is 0 Å². The van der Waals surface area contributed by atoms with Gasteiger partial charge in [0.15, 0.2) is 16.0 Å². The van der Waals surface area contributed by atoms with Crippen LogP contribution in [-0.4, -0.2) is 36.2 Å². The Balaban J connectivity index is 2.76. The van der Waals surface area contributed by atoms with Crippen molar-refractivity contribution in [2.24, 2.45) is 10.2 Å². The van der Waals surface area contributed by atoms with E-state index in [1.54, 1.807) is 32.5 Å². The largest absolute Gasteiger partial charge is 0.463 e. The molecule has 9 heteroatoms. The van der Waals surface area contributed by atoms with Gasteiger partial charge in [0.2, 0.25) is 0 Å². The van der Waals surface area contributed by atoms with Crippen LogP contribution in [0.4, 0.5) is 0 Å². The molecule has 0 amide bonds. The fraction of sp³-hybridized carbons (Fsp3) is 0.200. The van der Waals surface area contributed by atoms with Crippen LogP contribution >= 0.6 is 24.4 Å². The van der Waals surface area contributed by atoms with Crippen molar-refractivity contribution < 1.29 is 4.42 Å². The minimum absolute atomic E-state index is 0.385. The van der Waals surface area contributed by atoms with E-state index in [2.05, 4.69) is 31.7 Å². The fourth-order valence-electron chi connectivity index (χ4n) is 0.947. The van der Waals surface area contributed by atoms with Crippen LogP contribution in [-0.2, 0) is 0 Å². The Morgan fingerprint density at radius 1 is 1.21 bits per heavy atom. The molecule has 1 aromatic rings. The predicted molar refractivity (Wildman–Crippen MR) is 83.3 cm³/mol. The van der Waals surface area contributed by atoms with Gasteiger partial charge in [-0.1, -0.05) is 0 Å². The van der Waals surface area contributed by atoms with Crippen LogP contribution in [0.15, 0.2) is 33.0 Å². The van der Waals surface area contributed by atoms with E-state index in [9.17, 15) is 0 Å². The molecule has 4 N–H and O–H groups in total. The Labute approximate surface area is 121 Å². The molecule has 0 aliphatic carbocycles. The molecule has 19 heavy (non-hydrogen) atoms. The van der Waals surface area contributed by atoms with Crippen molar-refractivity contribution in [2.45, 2.75) is 0 Å². The van der Waals surface area contributed by atoms with Crippen molar-refractivity contribution in [2.75, 3.05) is 14.1 Å². The molecule has 0 atom stereocenters. The van der Waals surface area contributed by atoms with Crippen LogP contribution in [0.1, 0.15) is 5.76 Å². The van der Waals surface area contributed by atoms with Crippen LogP contribution in [0.3, 0.4) is 0 Å². The first-order valence-corrected chi connectivity index (χ1v) is 6.09. The Kier molecular flexibility index (Phi) is 6.47. The standard InChI is InChI=1S/C10H14N6OS2/c1-11-9(18)15-13-6-7(8-4-3-5-17-8)14-16-10(19)12-2/h3-6H,1-2H3,(H2,11,15,18)(H2,12,16,19)/b13-6+,14-7-. The highest BCUT2D eigenvalue weighted by molar-refractivity contribution is 7.80. The van der Waals surface area contributed by atoms with Crippen LogP contribution in [0.2, 0.25) is 0 Å². The summed E-state index contributed by atoms with van der Waals surface area (Å²) in [6, 6.07) is 3.51. The van der Waals surface area contributed by atoms with Crippen molar-refractivity contribution in [1.82, 2.24) is 21.5 Å². The summed E-state index contributed by atoms with van der Waals surface area (Å²) in [5.74, 6) is 0.548. The molecule has 0 radical (unpaired) electrons. The molecule has 0 unspecified atom stereocenters. The number of nitrogens with one attached hydrogen (secondary N) is 4. The molecule has 102 valence electrons. The molecule has 0 fully saturated rings. The third kappa shape index (κ3) is 5.44. The number of hydrogen-bond donors (Lipinski definition) is 4. The lowest BCUT2D eigenvalue weighted by Crippen LogP contribution is -2.30. The quantitative estimate of drug-likeness (QED) is 0.358. The van der Waals surface area contributed by atoms with E-state index in [1.165, 1.54) is 6.21 Å². The lowest BCUT2D eigenvalue weighted by Gasteiger charge is -2.03. The zero-order valence-corrected chi connectivity index (χ0v) is 12.1. The van der Waals surface area contributed by atoms with E-state index in [0.717, 1.165) is 0 Å². The third-order valence-electron chi connectivity index (χ3n) is 1.86. The van der Waals surface area contributed by atoms with Gasteiger partial charge in [0.05, 0.1) is 12.5 Å². The topological polar surface area (TPSA) is 86.0 Å². The highest BCUT2D eigenvalue weighted by Gasteiger charge is 2.04. The lowest BCUT2D eigenvalue weighted by molar-refractivity contribution is 0.558. The first kappa shape index (κ1) is 15.1. The van der Waals surface area contributed by atoms with Crippen molar-refractivity contribution >= 4 is 46.6 Å². The number of hydrazone groups is 2. The Morgan fingerprint density at radius 3 is 2.47 bits per heavy atom. The van der Waals surface area contributed by atoms with Crippen LogP contribution < -0.4 is 21.5 Å². The highest BCUT2D eigenvalue weighted by atomic mass is 32.1. The molecule has 1 aromatic heterocycles. The third-order valence-corrected chi connectivity index (χ3v) is 2.45. The number of hydrogen-bond acceptors (Lipinski definition) is 5. The zero-order chi connectivity index (χ0) is 14.1. The molecule has 1 rings (SSSR count). The first-order chi connectivity index (χ1) is 9.17. The van der Waals surface area contributed by atoms with E-state index in [4.69, 9.17) is 28.9 Å². The summed E-state index contributed by atoms with van der Waals surface area (Å²) < 4.78 is 5.24. The number of furan rings is 1. The fourth-order valence-corrected chi connectivity index (χ4v) is 1.05. The van der Waals surface area contributed by atoms with Gasteiger partial charge in [-0.2, -0.15) is 10.2 Å². The minimum Gasteiger partial charge on any atom is -0.463 e. The van der Waals surface area contributed by atoms with Crippen LogP contribution in [0.5, 0.6) is 0 Å². The normalized spacial score (nSPS) is 11.2. The summed E-state index contributed by atoms with van der Waals surface area (Å²) in [5, 5.41) is 14.3. The second kappa shape index (κ2) is 8.16. The summed E-state index contributed by atoms with van der Waals surface area (Å²) in [7, 11) is 3.39. The van der Waals surface area contributed by atoms with Gasteiger partial charge in [-0.3, -0.25) is 10.9 Å². The summed E-state index contributed by atoms with van der Waals surface area (Å²) in [6.07, 6.45) is 3.01. The molecule has 1 heterocycles. The van der Waals surface area contributed by atoms with Crippen LogP contribution in [0.25, 0.3) is 0 Å².